The molecule has 0 amide bonds. The first-order chi connectivity index (χ1) is 11.3. The molecule has 4 rings (SSSR count). The number of anilines is 1. The summed E-state index contributed by atoms with van der Waals surface area (Å²) in [5.41, 5.74) is 3.55. The zero-order chi connectivity index (χ0) is 17.1. The lowest BCUT2D eigenvalue weighted by molar-refractivity contribution is -0.173. The van der Waals surface area contributed by atoms with E-state index in [1.807, 2.05) is 12.1 Å². The van der Waals surface area contributed by atoms with Crippen LogP contribution in [0.3, 0.4) is 0 Å². The Hall–Kier alpha value is -1.78. The summed E-state index contributed by atoms with van der Waals surface area (Å²) in [6.45, 7) is 4.31. The maximum atomic E-state index is 12.9. The van der Waals surface area contributed by atoms with Gasteiger partial charge in [-0.1, -0.05) is 30.7 Å². The van der Waals surface area contributed by atoms with Gasteiger partial charge in [-0.3, -0.25) is 4.79 Å². The highest BCUT2D eigenvalue weighted by Gasteiger charge is 2.52. The Morgan fingerprint density at radius 3 is 2.79 bits per heavy atom. The monoisotopic (exact) mass is 335 g/mol. The first kappa shape index (κ1) is 15.7. The highest BCUT2D eigenvalue weighted by molar-refractivity contribution is 5.91. The van der Waals surface area contributed by atoms with Crippen molar-refractivity contribution in [3.8, 4) is 0 Å². The Morgan fingerprint density at radius 1 is 1.25 bits per heavy atom. The minimum atomic E-state index is -4.78. The Kier molecular flexibility index (Phi) is 3.35. The molecule has 3 aliphatic rings. The first-order valence-electron chi connectivity index (χ1n) is 8.54. The van der Waals surface area contributed by atoms with Gasteiger partial charge in [0.25, 0.3) is 0 Å². The van der Waals surface area contributed by atoms with E-state index < -0.39 is 17.9 Å². The summed E-state index contributed by atoms with van der Waals surface area (Å²) >= 11 is 0. The molecule has 0 aromatic heterocycles. The maximum Gasteiger partial charge on any atom is 0.450 e. The van der Waals surface area contributed by atoms with Crippen LogP contribution in [0.15, 0.2) is 30.4 Å². The fraction of sp³-hybridized carbons (Fsp3) is 0.526. The second kappa shape index (κ2) is 5.11. The third-order valence-electron chi connectivity index (χ3n) is 6.11. The summed E-state index contributed by atoms with van der Waals surface area (Å²) < 4.78 is 38.8. The highest BCUT2D eigenvalue weighted by atomic mass is 19.4. The maximum absolute atomic E-state index is 12.9. The van der Waals surface area contributed by atoms with E-state index in [-0.39, 0.29) is 17.9 Å². The zero-order valence-electron chi connectivity index (χ0n) is 13.4. The largest absolute Gasteiger partial charge is 0.450 e. The van der Waals surface area contributed by atoms with Gasteiger partial charge in [-0.2, -0.15) is 13.2 Å². The fourth-order valence-corrected chi connectivity index (χ4v) is 4.99. The van der Waals surface area contributed by atoms with Crippen LogP contribution in [0.25, 0.3) is 0 Å². The molecule has 0 radical (unpaired) electrons. The van der Waals surface area contributed by atoms with E-state index in [2.05, 4.69) is 11.9 Å². The zero-order valence-corrected chi connectivity index (χ0v) is 13.4. The Morgan fingerprint density at radius 2 is 2.04 bits per heavy atom. The summed E-state index contributed by atoms with van der Waals surface area (Å²) in [5, 5.41) is 3.55. The predicted octanol–water partition coefficient (Wildman–Crippen LogP) is 4.86. The van der Waals surface area contributed by atoms with Gasteiger partial charge < -0.3 is 5.32 Å². The summed E-state index contributed by atoms with van der Waals surface area (Å²) in [6.07, 6.45) is -0.0586. The minimum Gasteiger partial charge on any atom is -0.381 e. The second-order valence-corrected chi connectivity index (χ2v) is 7.28. The molecule has 24 heavy (non-hydrogen) atoms. The Balaban J connectivity index is 1.83. The number of alkyl halides is 3. The average Bonchev–Trinajstić information content (AvgIpc) is 2.81. The van der Waals surface area contributed by atoms with Crippen molar-refractivity contribution in [3.05, 3.63) is 41.5 Å². The third kappa shape index (κ3) is 2.06. The Bertz CT molecular complexity index is 724. The fourth-order valence-electron chi connectivity index (χ4n) is 4.99. The van der Waals surface area contributed by atoms with Crippen molar-refractivity contribution < 1.29 is 18.0 Å². The summed E-state index contributed by atoms with van der Waals surface area (Å²) in [4.78, 5) is 11.9. The predicted molar refractivity (Wildman–Crippen MR) is 86.2 cm³/mol. The van der Waals surface area contributed by atoms with Crippen LogP contribution in [0, 0.1) is 0 Å². The van der Waals surface area contributed by atoms with Crippen LogP contribution in [-0.4, -0.2) is 18.0 Å². The van der Waals surface area contributed by atoms with Crippen LogP contribution < -0.4 is 5.32 Å². The van der Waals surface area contributed by atoms with Gasteiger partial charge in [-0.15, -0.1) is 0 Å². The van der Waals surface area contributed by atoms with Gasteiger partial charge in [0.2, 0.25) is 5.78 Å². The van der Waals surface area contributed by atoms with E-state index in [9.17, 15) is 18.0 Å². The van der Waals surface area contributed by atoms with Gasteiger partial charge in [0.1, 0.15) is 0 Å². The smallest absolute Gasteiger partial charge is 0.381 e. The number of hydrogen-bond acceptors (Lipinski definition) is 2. The van der Waals surface area contributed by atoms with Crippen molar-refractivity contribution in [1.82, 2.24) is 0 Å². The number of rotatable bonds is 1. The SMILES string of the molecule is C=C1CCC[C@@H]2Nc3ccc4cc3[C@]12CCCC4C(=O)C(F)(F)F. The minimum absolute atomic E-state index is 0.171. The number of carbonyl (C=O) groups is 1. The molecule has 5 heteroatoms. The highest BCUT2D eigenvalue weighted by Crippen LogP contribution is 2.55. The topological polar surface area (TPSA) is 29.1 Å². The van der Waals surface area contributed by atoms with Crippen LogP contribution in [0.4, 0.5) is 18.9 Å². The van der Waals surface area contributed by atoms with Crippen LogP contribution in [0.1, 0.15) is 55.6 Å². The lowest BCUT2D eigenvalue weighted by Crippen LogP contribution is -2.43. The summed E-state index contributed by atoms with van der Waals surface area (Å²) in [6, 6.07) is 5.64. The number of halogens is 3. The van der Waals surface area contributed by atoms with Crippen LogP contribution >= 0.6 is 0 Å². The average molecular weight is 335 g/mol. The molecule has 1 aromatic rings. The van der Waals surface area contributed by atoms with Gasteiger partial charge in [-0.05, 0) is 49.3 Å². The number of carbonyl (C=O) groups excluding carboxylic acids is 1. The van der Waals surface area contributed by atoms with E-state index in [0.717, 1.165) is 36.9 Å². The van der Waals surface area contributed by atoms with Crippen molar-refractivity contribution in [3.63, 3.8) is 0 Å². The molecule has 1 heterocycles. The molecule has 1 aromatic carbocycles. The van der Waals surface area contributed by atoms with E-state index in [4.69, 9.17) is 0 Å². The Labute approximate surface area is 139 Å². The van der Waals surface area contributed by atoms with E-state index >= 15 is 0 Å². The number of benzene rings is 1. The van der Waals surface area contributed by atoms with Crippen LogP contribution in [0.5, 0.6) is 0 Å². The molecule has 0 saturated heterocycles. The molecule has 3 atom stereocenters. The molecule has 1 saturated carbocycles. The number of ketones is 1. The van der Waals surface area contributed by atoms with E-state index in [1.54, 1.807) is 6.07 Å². The van der Waals surface area contributed by atoms with Crippen LogP contribution in [-0.2, 0) is 10.2 Å². The molecular weight excluding hydrogens is 315 g/mol. The number of fused-ring (bicyclic) bond motifs is 1. The lowest BCUT2D eigenvalue weighted by Gasteiger charge is -2.43. The standard InChI is InChI=1S/C19H20F3NO/c1-11-4-2-6-16-18(11)9-3-5-13(17(24)19(20,21)22)12-7-8-15(23-16)14(18)10-12/h7-8,10,13,16,23H,1-6,9H2/t13?,16-,18-/m0/s1. The van der Waals surface area contributed by atoms with Crippen molar-refractivity contribution in [1.29, 1.82) is 0 Å². The molecule has 1 aliphatic heterocycles. The van der Waals surface area contributed by atoms with Crippen molar-refractivity contribution >= 4 is 11.5 Å². The number of hydrogen-bond donors (Lipinski definition) is 1. The molecule has 1 fully saturated rings. The molecule has 2 nitrogen and oxygen atoms in total. The lowest BCUT2D eigenvalue weighted by atomic mass is 9.61. The van der Waals surface area contributed by atoms with Gasteiger partial charge >= 0.3 is 6.18 Å². The molecule has 1 spiro atoms. The van der Waals surface area contributed by atoms with Crippen molar-refractivity contribution in [2.45, 2.75) is 62.1 Å². The molecule has 128 valence electrons. The molecule has 2 aliphatic carbocycles. The second-order valence-electron chi connectivity index (χ2n) is 7.28. The first-order valence-corrected chi connectivity index (χ1v) is 8.54. The summed E-state index contributed by atoms with van der Waals surface area (Å²) in [7, 11) is 0. The normalized spacial score (nSPS) is 31.7. The van der Waals surface area contributed by atoms with Crippen LogP contribution in [0.2, 0.25) is 0 Å². The van der Waals surface area contributed by atoms with Gasteiger partial charge in [0.05, 0.1) is 5.92 Å². The molecule has 2 bridgehead atoms. The number of Topliss-reactive ketones (excluding diaryl/α,β-unsaturated/α-hetero) is 1. The molecular formula is C19H20F3NO. The quantitative estimate of drug-likeness (QED) is 0.743. The summed E-state index contributed by atoms with van der Waals surface area (Å²) in [5.74, 6) is -2.70. The third-order valence-corrected chi connectivity index (χ3v) is 6.11. The molecule has 1 unspecified atom stereocenters. The number of nitrogens with one attached hydrogen (secondary N) is 1. The van der Waals surface area contributed by atoms with E-state index in [1.165, 1.54) is 5.57 Å². The van der Waals surface area contributed by atoms with Crippen molar-refractivity contribution in [2.24, 2.45) is 0 Å². The van der Waals surface area contributed by atoms with Gasteiger partial charge in [0.15, 0.2) is 0 Å². The van der Waals surface area contributed by atoms with Gasteiger partial charge in [-0.25, -0.2) is 0 Å². The molecule has 1 N–H and O–H groups in total. The van der Waals surface area contributed by atoms with Gasteiger partial charge in [0, 0.05) is 17.1 Å². The van der Waals surface area contributed by atoms with E-state index in [0.29, 0.717) is 12.0 Å². The van der Waals surface area contributed by atoms with Crippen molar-refractivity contribution in [2.75, 3.05) is 5.32 Å².